The molecular formula is C35H63NO9. The van der Waals surface area contributed by atoms with Gasteiger partial charge in [-0.15, -0.1) is 0 Å². The van der Waals surface area contributed by atoms with Gasteiger partial charge in [0.2, 0.25) is 0 Å². The highest BCUT2D eigenvalue weighted by Crippen LogP contribution is 2.13. The van der Waals surface area contributed by atoms with Gasteiger partial charge in [-0.05, 0) is 30.5 Å². The van der Waals surface area contributed by atoms with Gasteiger partial charge in [0.15, 0.2) is 0 Å². The molecule has 0 radical (unpaired) electrons. The average molecular weight is 642 g/mol. The van der Waals surface area contributed by atoms with Crippen molar-refractivity contribution in [3.63, 3.8) is 0 Å². The summed E-state index contributed by atoms with van der Waals surface area (Å²) in [5, 5.41) is 11.5. The van der Waals surface area contributed by atoms with Crippen molar-refractivity contribution in [2.24, 2.45) is 0 Å². The molecule has 1 aromatic carbocycles. The first kappa shape index (κ1) is 41.4. The van der Waals surface area contributed by atoms with Crippen LogP contribution in [0.3, 0.4) is 0 Å². The van der Waals surface area contributed by atoms with E-state index in [0.717, 1.165) is 6.42 Å². The minimum absolute atomic E-state index is 0.0255. The van der Waals surface area contributed by atoms with Crippen LogP contribution in [0.4, 0.5) is 0 Å². The molecule has 1 amide bonds. The fraction of sp³-hybridized carbons (Fsp3) is 0.800. The lowest BCUT2D eigenvalue weighted by atomic mass is 10.0. The molecule has 0 fully saturated rings. The van der Waals surface area contributed by atoms with E-state index in [1.54, 1.807) is 0 Å². The van der Waals surface area contributed by atoms with Crippen molar-refractivity contribution in [2.75, 3.05) is 106 Å². The third-order valence-corrected chi connectivity index (χ3v) is 7.03. The van der Waals surface area contributed by atoms with Crippen LogP contribution >= 0.6 is 0 Å². The lowest BCUT2D eigenvalue weighted by Crippen LogP contribution is -2.27. The Bertz CT molecular complexity index is 751. The predicted molar refractivity (Wildman–Crippen MR) is 177 cm³/mol. The van der Waals surface area contributed by atoms with Gasteiger partial charge < -0.3 is 43.6 Å². The topological polar surface area (TPSA) is 114 Å². The minimum Gasteiger partial charge on any atom is -0.394 e. The summed E-state index contributed by atoms with van der Waals surface area (Å²) in [5.74, 6) is -0.0726. The maximum Gasteiger partial charge on any atom is 0.251 e. The maximum absolute atomic E-state index is 12.4. The number of rotatable bonds is 35. The van der Waals surface area contributed by atoms with Gasteiger partial charge in [-0.1, -0.05) is 76.8 Å². The van der Waals surface area contributed by atoms with Crippen LogP contribution in [0.25, 0.3) is 0 Å². The summed E-state index contributed by atoms with van der Waals surface area (Å²) in [6.45, 7) is 9.43. The Balaban J connectivity index is 1.82. The molecule has 0 heterocycles. The molecule has 1 aromatic rings. The van der Waals surface area contributed by atoms with Gasteiger partial charge in [0.1, 0.15) is 0 Å². The summed E-state index contributed by atoms with van der Waals surface area (Å²) in [6.07, 6.45) is 14.5. The number of amides is 1. The second kappa shape index (κ2) is 33.7. The van der Waals surface area contributed by atoms with E-state index in [9.17, 15) is 4.79 Å². The molecule has 2 N–H and O–H groups in total. The molecule has 10 nitrogen and oxygen atoms in total. The molecular weight excluding hydrogens is 578 g/mol. The monoisotopic (exact) mass is 641 g/mol. The van der Waals surface area contributed by atoms with E-state index in [1.165, 1.54) is 69.8 Å². The first-order valence-corrected chi connectivity index (χ1v) is 17.3. The number of carbonyl (C=O) groups is 1. The second-order valence-electron chi connectivity index (χ2n) is 10.9. The SMILES string of the molecule is CCCCCCCCCCCCc1ccc(C(=O)NCCOCCOCCOCCOCCOCCOCCOCCO)cc1. The molecule has 1 rings (SSSR count). The molecule has 45 heavy (non-hydrogen) atoms. The van der Waals surface area contributed by atoms with E-state index < -0.39 is 0 Å². The van der Waals surface area contributed by atoms with Gasteiger partial charge in [-0.2, -0.15) is 0 Å². The third kappa shape index (κ3) is 28.3. The van der Waals surface area contributed by atoms with Crippen LogP contribution in [0, 0.1) is 0 Å². The molecule has 0 aromatic heterocycles. The number of aliphatic hydroxyl groups excluding tert-OH is 1. The van der Waals surface area contributed by atoms with E-state index >= 15 is 0 Å². The summed E-state index contributed by atoms with van der Waals surface area (Å²) < 4.78 is 37.8. The zero-order valence-electron chi connectivity index (χ0n) is 28.1. The van der Waals surface area contributed by atoms with Crippen molar-refractivity contribution in [1.82, 2.24) is 5.32 Å². The molecule has 0 saturated heterocycles. The number of benzene rings is 1. The molecule has 10 heteroatoms. The Hall–Kier alpha value is -1.63. The van der Waals surface area contributed by atoms with Gasteiger partial charge in [-0.25, -0.2) is 0 Å². The molecule has 0 aliphatic carbocycles. The van der Waals surface area contributed by atoms with Gasteiger partial charge >= 0.3 is 0 Å². The van der Waals surface area contributed by atoms with Crippen LogP contribution in [0.15, 0.2) is 24.3 Å². The van der Waals surface area contributed by atoms with Gasteiger partial charge in [-0.3, -0.25) is 4.79 Å². The number of ether oxygens (including phenoxy) is 7. The number of nitrogens with one attached hydrogen (secondary N) is 1. The van der Waals surface area contributed by atoms with Crippen LogP contribution in [0.1, 0.15) is 87.1 Å². The Labute approximate surface area is 272 Å². The van der Waals surface area contributed by atoms with Crippen molar-refractivity contribution < 1.29 is 43.1 Å². The molecule has 0 atom stereocenters. The number of hydrogen-bond donors (Lipinski definition) is 2. The van der Waals surface area contributed by atoms with E-state index in [0.29, 0.717) is 105 Å². The summed E-state index contributed by atoms with van der Waals surface area (Å²) in [7, 11) is 0. The normalized spacial score (nSPS) is 11.3. The standard InChI is InChI=1S/C35H63NO9/c1-2-3-4-5-6-7-8-9-10-11-12-33-13-15-34(16-14-33)35(38)36-17-19-39-21-23-41-25-27-43-29-31-45-32-30-44-28-26-42-24-22-40-20-18-37/h13-16,37H,2-12,17-32H2,1H3,(H,36,38). The minimum atomic E-state index is -0.0726. The van der Waals surface area contributed by atoms with E-state index in [4.69, 9.17) is 38.3 Å². The van der Waals surface area contributed by atoms with Crippen LogP contribution in [-0.4, -0.2) is 117 Å². The van der Waals surface area contributed by atoms with E-state index in [1.807, 2.05) is 12.1 Å². The Morgan fingerprint density at radius 2 is 0.911 bits per heavy atom. The zero-order chi connectivity index (χ0) is 32.3. The maximum atomic E-state index is 12.4. The van der Waals surface area contributed by atoms with Crippen molar-refractivity contribution >= 4 is 5.91 Å². The molecule has 0 aliphatic rings. The Kier molecular flexibility index (Phi) is 31.0. The van der Waals surface area contributed by atoms with Crippen LogP contribution in [0.2, 0.25) is 0 Å². The first-order valence-electron chi connectivity index (χ1n) is 17.3. The Morgan fingerprint density at radius 3 is 1.33 bits per heavy atom. The highest BCUT2D eigenvalue weighted by atomic mass is 16.6. The first-order chi connectivity index (χ1) is 22.3. The number of hydrogen-bond acceptors (Lipinski definition) is 9. The van der Waals surface area contributed by atoms with Crippen molar-refractivity contribution in [2.45, 2.75) is 77.6 Å². The molecule has 0 saturated carbocycles. The third-order valence-electron chi connectivity index (χ3n) is 7.03. The zero-order valence-corrected chi connectivity index (χ0v) is 28.1. The number of aliphatic hydroxyl groups is 1. The predicted octanol–water partition coefficient (Wildman–Crippen LogP) is 4.99. The molecule has 0 unspecified atom stereocenters. The van der Waals surface area contributed by atoms with E-state index in [2.05, 4.69) is 24.4 Å². The van der Waals surface area contributed by atoms with Crippen LogP contribution < -0.4 is 5.32 Å². The fourth-order valence-corrected chi connectivity index (χ4v) is 4.46. The van der Waals surface area contributed by atoms with Gasteiger partial charge in [0, 0.05) is 12.1 Å². The lowest BCUT2D eigenvalue weighted by molar-refractivity contribution is -0.0213. The van der Waals surface area contributed by atoms with Crippen molar-refractivity contribution in [3.8, 4) is 0 Å². The second-order valence-corrected chi connectivity index (χ2v) is 10.9. The summed E-state index contributed by atoms with van der Waals surface area (Å²) in [5.41, 5.74) is 1.98. The summed E-state index contributed by atoms with van der Waals surface area (Å²) in [4.78, 5) is 12.4. The molecule has 0 aliphatic heterocycles. The number of unbranched alkanes of at least 4 members (excludes halogenated alkanes) is 9. The summed E-state index contributed by atoms with van der Waals surface area (Å²) >= 11 is 0. The number of aryl methyl sites for hydroxylation is 1. The van der Waals surface area contributed by atoms with Crippen molar-refractivity contribution in [1.29, 1.82) is 0 Å². The smallest absolute Gasteiger partial charge is 0.251 e. The van der Waals surface area contributed by atoms with E-state index in [-0.39, 0.29) is 12.5 Å². The quantitative estimate of drug-likeness (QED) is 0.0990. The summed E-state index contributed by atoms with van der Waals surface area (Å²) in [6, 6.07) is 7.98. The largest absolute Gasteiger partial charge is 0.394 e. The van der Waals surface area contributed by atoms with Crippen LogP contribution in [0.5, 0.6) is 0 Å². The Morgan fingerprint density at radius 1 is 0.533 bits per heavy atom. The highest BCUT2D eigenvalue weighted by Gasteiger charge is 2.05. The highest BCUT2D eigenvalue weighted by molar-refractivity contribution is 5.94. The van der Waals surface area contributed by atoms with Crippen LogP contribution in [-0.2, 0) is 39.6 Å². The average Bonchev–Trinajstić information content (AvgIpc) is 3.06. The lowest BCUT2D eigenvalue weighted by Gasteiger charge is -2.09. The molecule has 0 bridgehead atoms. The van der Waals surface area contributed by atoms with Gasteiger partial charge in [0.05, 0.1) is 99.1 Å². The molecule has 0 spiro atoms. The fourth-order valence-electron chi connectivity index (χ4n) is 4.46. The van der Waals surface area contributed by atoms with Crippen molar-refractivity contribution in [3.05, 3.63) is 35.4 Å². The van der Waals surface area contributed by atoms with Gasteiger partial charge in [0.25, 0.3) is 5.91 Å². The molecule has 262 valence electrons. The number of carbonyl (C=O) groups excluding carboxylic acids is 1.